The second-order valence-electron chi connectivity index (χ2n) is 6.93. The number of benzene rings is 1. The lowest BCUT2D eigenvalue weighted by molar-refractivity contribution is -0.0453. The molecule has 23 heavy (non-hydrogen) atoms. The van der Waals surface area contributed by atoms with Gasteiger partial charge in [-0.05, 0) is 38.1 Å². The number of piperidine rings is 1. The van der Waals surface area contributed by atoms with Gasteiger partial charge in [-0.15, -0.1) is 0 Å². The first-order valence-electron chi connectivity index (χ1n) is 8.05. The van der Waals surface area contributed by atoms with Crippen LogP contribution in [-0.2, 0) is 11.8 Å². The number of hydrogen-bond donors (Lipinski definition) is 4. The number of phenolic OH excluding ortho intramolecular Hbond substituents is 1. The van der Waals surface area contributed by atoms with E-state index in [0.29, 0.717) is 17.7 Å². The highest BCUT2D eigenvalue weighted by Gasteiger charge is 2.64. The molecule has 2 aliphatic carbocycles. The number of likely N-dealkylation sites (N-methyl/N-ethyl adjacent to an activating group) is 1. The zero-order chi connectivity index (χ0) is 16.4. The molecule has 5 rings (SSSR count). The molecule has 1 aromatic carbocycles. The Morgan fingerprint density at radius 2 is 2.09 bits per heavy atom. The molecule has 0 radical (unpaired) electrons. The number of hydrazine groups is 1. The van der Waals surface area contributed by atoms with Crippen LogP contribution in [0.5, 0.6) is 11.5 Å². The number of phenols is 1. The van der Waals surface area contributed by atoms with Crippen LogP contribution in [-0.4, -0.2) is 47.0 Å². The van der Waals surface area contributed by atoms with Crippen molar-refractivity contribution in [2.24, 2.45) is 17.6 Å². The standard InChI is InChI=1S/C17H19NO3.H4N2/c1-18-7-6-17-10-3-5-13(20)16(17)21-15-12(19)4-2-9(14(15)17)8-11(10)18;1-2/h2-5,10-11,13,16,19-20H,6-8H2,1H3;1-2H2/t10-,11+,13-,16-,17-;/m0./s1. The van der Waals surface area contributed by atoms with Gasteiger partial charge in [0.1, 0.15) is 12.2 Å². The van der Waals surface area contributed by atoms with Gasteiger partial charge in [0, 0.05) is 22.9 Å². The SMILES string of the molecule is CN1CC[C@]23c4c5ccc(O)c4O[C@H]2[C@@H](O)C=C[C@H]3[C@H]1C5.NN. The Balaban J connectivity index is 0.000000652. The molecule has 2 bridgehead atoms. The Morgan fingerprint density at radius 1 is 1.30 bits per heavy atom. The van der Waals surface area contributed by atoms with Gasteiger partial charge in [0.05, 0.1) is 0 Å². The third-order valence-corrected chi connectivity index (χ3v) is 6.15. The molecular weight excluding hydrogens is 294 g/mol. The average Bonchev–Trinajstić information content (AvgIpc) is 2.92. The molecule has 5 atom stereocenters. The van der Waals surface area contributed by atoms with Crippen molar-refractivity contribution in [3.8, 4) is 11.5 Å². The molecule has 2 aliphatic heterocycles. The highest BCUT2D eigenvalue weighted by molar-refractivity contribution is 5.61. The lowest BCUT2D eigenvalue weighted by atomic mass is 9.53. The number of rotatable bonds is 0. The fourth-order valence-electron chi connectivity index (χ4n) is 5.24. The molecule has 1 spiro atoms. The largest absolute Gasteiger partial charge is 0.504 e. The first kappa shape index (κ1) is 15.0. The van der Waals surface area contributed by atoms with Crippen LogP contribution in [0.25, 0.3) is 0 Å². The van der Waals surface area contributed by atoms with E-state index in [2.05, 4.69) is 29.7 Å². The Morgan fingerprint density at radius 3 is 2.87 bits per heavy atom. The Labute approximate surface area is 135 Å². The van der Waals surface area contributed by atoms with Crippen LogP contribution >= 0.6 is 0 Å². The van der Waals surface area contributed by atoms with Gasteiger partial charge in [0.2, 0.25) is 0 Å². The first-order valence-corrected chi connectivity index (χ1v) is 8.05. The molecule has 0 aromatic heterocycles. The summed E-state index contributed by atoms with van der Waals surface area (Å²) in [4.78, 5) is 2.43. The normalized spacial score (nSPS) is 39.1. The molecule has 1 fully saturated rings. The maximum Gasteiger partial charge on any atom is 0.165 e. The molecule has 4 aliphatic rings. The Bertz CT molecular complexity index is 677. The van der Waals surface area contributed by atoms with Gasteiger partial charge in [-0.1, -0.05) is 18.2 Å². The fraction of sp³-hybridized carbons (Fsp3) is 0.529. The lowest BCUT2D eigenvalue weighted by Crippen LogP contribution is -2.64. The molecule has 2 heterocycles. The molecule has 6 heteroatoms. The quantitative estimate of drug-likeness (QED) is 0.305. The summed E-state index contributed by atoms with van der Waals surface area (Å²) in [6.07, 6.45) is 5.18. The van der Waals surface area contributed by atoms with E-state index in [1.807, 2.05) is 12.1 Å². The van der Waals surface area contributed by atoms with Gasteiger partial charge in [0.15, 0.2) is 11.5 Å². The molecule has 0 saturated carbocycles. The van der Waals surface area contributed by atoms with Crippen LogP contribution in [0.2, 0.25) is 0 Å². The van der Waals surface area contributed by atoms with E-state index in [4.69, 9.17) is 4.74 Å². The summed E-state index contributed by atoms with van der Waals surface area (Å²) in [7, 11) is 2.19. The van der Waals surface area contributed by atoms with Gasteiger partial charge in [0.25, 0.3) is 0 Å². The maximum absolute atomic E-state index is 10.4. The lowest BCUT2D eigenvalue weighted by Gasteiger charge is -2.56. The van der Waals surface area contributed by atoms with E-state index in [1.165, 1.54) is 11.1 Å². The van der Waals surface area contributed by atoms with E-state index in [0.717, 1.165) is 19.4 Å². The predicted molar refractivity (Wildman–Crippen MR) is 86.0 cm³/mol. The number of aliphatic hydroxyl groups excluding tert-OH is 1. The molecule has 6 nitrogen and oxygen atoms in total. The minimum absolute atomic E-state index is 0.160. The van der Waals surface area contributed by atoms with Gasteiger partial charge < -0.3 is 19.8 Å². The molecule has 124 valence electrons. The number of nitrogens with two attached hydrogens (primary N) is 2. The average molecular weight is 317 g/mol. The van der Waals surface area contributed by atoms with Crippen LogP contribution in [0.15, 0.2) is 24.3 Å². The van der Waals surface area contributed by atoms with E-state index >= 15 is 0 Å². The van der Waals surface area contributed by atoms with Crippen molar-refractivity contribution < 1.29 is 14.9 Å². The zero-order valence-electron chi connectivity index (χ0n) is 13.1. The number of likely N-dealkylation sites (tertiary alicyclic amines) is 1. The van der Waals surface area contributed by atoms with E-state index in [-0.39, 0.29) is 17.3 Å². The number of ether oxygens (including phenoxy) is 1. The second kappa shape index (κ2) is 4.95. The summed E-state index contributed by atoms with van der Waals surface area (Å²) in [5.74, 6) is 9.19. The smallest absolute Gasteiger partial charge is 0.165 e. The van der Waals surface area contributed by atoms with Crippen LogP contribution in [0, 0.1) is 5.92 Å². The van der Waals surface area contributed by atoms with Crippen LogP contribution < -0.4 is 16.4 Å². The summed E-state index contributed by atoms with van der Waals surface area (Å²) in [6, 6.07) is 4.23. The fourth-order valence-corrected chi connectivity index (χ4v) is 5.24. The van der Waals surface area contributed by atoms with Crippen molar-refractivity contribution in [3.05, 3.63) is 35.4 Å². The van der Waals surface area contributed by atoms with Crippen LogP contribution in [0.3, 0.4) is 0 Å². The summed E-state index contributed by atoms with van der Waals surface area (Å²) in [5.41, 5.74) is 2.29. The summed E-state index contributed by atoms with van der Waals surface area (Å²) >= 11 is 0. The van der Waals surface area contributed by atoms with Crippen molar-refractivity contribution in [2.75, 3.05) is 13.6 Å². The third kappa shape index (κ3) is 1.67. The highest BCUT2D eigenvalue weighted by Crippen LogP contribution is 2.62. The maximum atomic E-state index is 10.4. The molecule has 6 N–H and O–H groups in total. The molecule has 1 aromatic rings. The zero-order valence-corrected chi connectivity index (χ0v) is 13.1. The Kier molecular flexibility index (Phi) is 3.22. The number of aliphatic hydroxyl groups is 1. The van der Waals surface area contributed by atoms with E-state index in [9.17, 15) is 10.2 Å². The molecule has 1 saturated heterocycles. The summed E-state index contributed by atoms with van der Waals surface area (Å²) in [5, 5.41) is 20.6. The topological polar surface area (TPSA) is 105 Å². The van der Waals surface area contributed by atoms with Crippen molar-refractivity contribution in [2.45, 2.75) is 36.5 Å². The minimum atomic E-state index is -0.594. The van der Waals surface area contributed by atoms with Crippen molar-refractivity contribution in [1.82, 2.24) is 4.90 Å². The molecular formula is C17H23N3O3. The third-order valence-electron chi connectivity index (χ3n) is 6.15. The summed E-state index contributed by atoms with van der Waals surface area (Å²) in [6.45, 7) is 1.01. The van der Waals surface area contributed by atoms with E-state index in [1.54, 1.807) is 6.07 Å². The highest BCUT2D eigenvalue weighted by atomic mass is 16.5. The first-order chi connectivity index (χ1) is 11.1. The summed E-state index contributed by atoms with van der Waals surface area (Å²) < 4.78 is 6.09. The number of hydrogen-bond acceptors (Lipinski definition) is 6. The number of nitrogens with zero attached hydrogens (tertiary/aromatic N) is 1. The van der Waals surface area contributed by atoms with E-state index < -0.39 is 6.10 Å². The van der Waals surface area contributed by atoms with Crippen molar-refractivity contribution in [3.63, 3.8) is 0 Å². The Hall–Kier alpha value is -1.60. The van der Waals surface area contributed by atoms with Crippen LogP contribution in [0.1, 0.15) is 17.5 Å². The minimum Gasteiger partial charge on any atom is -0.504 e. The van der Waals surface area contributed by atoms with Gasteiger partial charge in [-0.2, -0.15) is 0 Å². The molecule has 0 unspecified atom stereocenters. The monoisotopic (exact) mass is 317 g/mol. The van der Waals surface area contributed by atoms with Gasteiger partial charge in [-0.3, -0.25) is 11.7 Å². The molecule has 0 amide bonds. The van der Waals surface area contributed by atoms with Crippen molar-refractivity contribution >= 4 is 0 Å². The second-order valence-corrected chi connectivity index (χ2v) is 6.93. The van der Waals surface area contributed by atoms with Gasteiger partial charge >= 0.3 is 0 Å². The van der Waals surface area contributed by atoms with Crippen LogP contribution in [0.4, 0.5) is 0 Å². The van der Waals surface area contributed by atoms with Crippen molar-refractivity contribution in [1.29, 1.82) is 0 Å². The number of aromatic hydroxyl groups is 1. The predicted octanol–water partition coefficient (Wildman–Crippen LogP) is 0.0169. The van der Waals surface area contributed by atoms with Gasteiger partial charge in [-0.25, -0.2) is 0 Å².